The normalized spacial score (nSPS) is 20.6. The zero-order valence-corrected chi connectivity index (χ0v) is 12.8. The fraction of sp³-hybridized carbons (Fsp3) is 0.600. The second-order valence-electron chi connectivity index (χ2n) is 4.79. The molecular weight excluding hydrogens is 277 g/mol. The molecule has 1 aromatic carbocycles. The molecule has 1 aromatic rings. The van der Waals surface area contributed by atoms with Crippen LogP contribution < -0.4 is 10.1 Å². The number of thioether (sulfide) groups is 1. The van der Waals surface area contributed by atoms with E-state index in [2.05, 4.69) is 12.2 Å². The van der Waals surface area contributed by atoms with E-state index >= 15 is 0 Å². The summed E-state index contributed by atoms with van der Waals surface area (Å²) in [5.41, 5.74) is 0.675. The zero-order valence-electron chi connectivity index (χ0n) is 12.0. The highest BCUT2D eigenvalue weighted by atomic mass is 32.2. The van der Waals surface area contributed by atoms with E-state index in [4.69, 9.17) is 9.47 Å². The van der Waals surface area contributed by atoms with Crippen LogP contribution in [-0.2, 0) is 11.2 Å². The zero-order chi connectivity index (χ0) is 14.4. The first-order valence-electron chi connectivity index (χ1n) is 7.00. The van der Waals surface area contributed by atoms with Crippen LogP contribution in [0.3, 0.4) is 0 Å². The fourth-order valence-corrected chi connectivity index (χ4v) is 3.39. The molecule has 1 aliphatic rings. The minimum atomic E-state index is -0.263. The van der Waals surface area contributed by atoms with Crippen molar-refractivity contribution in [2.24, 2.45) is 0 Å². The van der Waals surface area contributed by atoms with Gasteiger partial charge in [-0.25, -0.2) is 4.39 Å². The third-order valence-corrected chi connectivity index (χ3v) is 4.48. The minimum absolute atomic E-state index is 0.134. The van der Waals surface area contributed by atoms with Crippen LogP contribution in [0.25, 0.3) is 0 Å². The van der Waals surface area contributed by atoms with Crippen LogP contribution in [0, 0.1) is 5.82 Å². The quantitative estimate of drug-likeness (QED) is 0.874. The van der Waals surface area contributed by atoms with Gasteiger partial charge in [0, 0.05) is 17.5 Å². The molecule has 0 saturated carbocycles. The Morgan fingerprint density at radius 2 is 2.40 bits per heavy atom. The van der Waals surface area contributed by atoms with Crippen LogP contribution in [0.2, 0.25) is 0 Å². The summed E-state index contributed by atoms with van der Waals surface area (Å²) in [5, 5.41) is 3.42. The maximum absolute atomic E-state index is 14.2. The van der Waals surface area contributed by atoms with Crippen molar-refractivity contribution < 1.29 is 13.9 Å². The predicted octanol–water partition coefficient (Wildman–Crippen LogP) is 2.49. The van der Waals surface area contributed by atoms with Crippen molar-refractivity contribution in [3.05, 3.63) is 29.6 Å². The Bertz CT molecular complexity index is 424. The molecule has 2 unspecified atom stereocenters. The van der Waals surface area contributed by atoms with Gasteiger partial charge >= 0.3 is 0 Å². The first-order valence-corrected chi connectivity index (χ1v) is 8.15. The molecule has 0 radical (unpaired) electrons. The first kappa shape index (κ1) is 15.6. The molecule has 1 heterocycles. The highest BCUT2D eigenvalue weighted by Crippen LogP contribution is 2.23. The van der Waals surface area contributed by atoms with E-state index in [0.717, 1.165) is 24.7 Å². The van der Waals surface area contributed by atoms with Crippen molar-refractivity contribution in [2.75, 3.05) is 31.8 Å². The molecule has 20 heavy (non-hydrogen) atoms. The van der Waals surface area contributed by atoms with Crippen LogP contribution >= 0.6 is 11.8 Å². The largest absolute Gasteiger partial charge is 0.494 e. The van der Waals surface area contributed by atoms with Crippen LogP contribution in [-0.4, -0.2) is 43.9 Å². The van der Waals surface area contributed by atoms with Crippen LogP contribution in [0.5, 0.6) is 5.75 Å². The number of hydrogen-bond donors (Lipinski definition) is 1. The van der Waals surface area contributed by atoms with Gasteiger partial charge in [-0.15, -0.1) is 0 Å². The van der Waals surface area contributed by atoms with Gasteiger partial charge in [-0.1, -0.05) is 19.1 Å². The van der Waals surface area contributed by atoms with Crippen molar-refractivity contribution in [1.82, 2.24) is 5.32 Å². The van der Waals surface area contributed by atoms with E-state index in [1.165, 1.54) is 7.11 Å². The van der Waals surface area contributed by atoms with Gasteiger partial charge < -0.3 is 14.8 Å². The molecule has 0 aliphatic carbocycles. The lowest BCUT2D eigenvalue weighted by atomic mass is 10.0. The Morgan fingerprint density at radius 1 is 1.55 bits per heavy atom. The molecule has 0 amide bonds. The average Bonchev–Trinajstić information content (AvgIpc) is 2.49. The van der Waals surface area contributed by atoms with Gasteiger partial charge in [-0.3, -0.25) is 0 Å². The molecule has 1 fully saturated rings. The fourth-order valence-electron chi connectivity index (χ4n) is 2.44. The van der Waals surface area contributed by atoms with Crippen molar-refractivity contribution in [3.8, 4) is 5.75 Å². The number of methoxy groups -OCH3 is 1. The van der Waals surface area contributed by atoms with Crippen molar-refractivity contribution in [1.29, 1.82) is 0 Å². The number of halogens is 1. The van der Waals surface area contributed by atoms with Gasteiger partial charge in [0.1, 0.15) is 0 Å². The molecule has 1 saturated heterocycles. The van der Waals surface area contributed by atoms with Crippen LogP contribution in [0.4, 0.5) is 4.39 Å². The van der Waals surface area contributed by atoms with Crippen molar-refractivity contribution >= 4 is 11.8 Å². The summed E-state index contributed by atoms with van der Waals surface area (Å²) in [6.07, 6.45) is 0.751. The van der Waals surface area contributed by atoms with E-state index in [-0.39, 0.29) is 18.0 Å². The maximum Gasteiger partial charge on any atom is 0.168 e. The standard InChI is InChI=1S/C15H22FNO2S/c1-3-17-12(14-10-20-8-7-19-14)9-11-5-4-6-13(18-2)15(11)16/h4-6,12,14,17H,3,7-10H2,1-2H3. The summed E-state index contributed by atoms with van der Waals surface area (Å²) in [6.45, 7) is 3.68. The van der Waals surface area contributed by atoms with E-state index in [0.29, 0.717) is 17.7 Å². The Morgan fingerprint density at radius 3 is 3.05 bits per heavy atom. The topological polar surface area (TPSA) is 30.5 Å². The lowest BCUT2D eigenvalue weighted by Gasteiger charge is -2.31. The van der Waals surface area contributed by atoms with Crippen molar-refractivity contribution in [2.45, 2.75) is 25.5 Å². The third kappa shape index (κ3) is 3.87. The van der Waals surface area contributed by atoms with Gasteiger partial charge in [0.05, 0.1) is 19.8 Å². The summed E-state index contributed by atoms with van der Waals surface area (Å²) in [6, 6.07) is 5.43. The summed E-state index contributed by atoms with van der Waals surface area (Å²) < 4.78 is 25.1. The second-order valence-corrected chi connectivity index (χ2v) is 5.94. The van der Waals surface area contributed by atoms with E-state index in [1.807, 2.05) is 23.9 Å². The number of ether oxygens (including phenoxy) is 2. The van der Waals surface area contributed by atoms with E-state index in [1.54, 1.807) is 6.07 Å². The number of rotatable bonds is 6. The Labute approximate surface area is 124 Å². The highest BCUT2D eigenvalue weighted by Gasteiger charge is 2.25. The number of hydrogen-bond acceptors (Lipinski definition) is 4. The Kier molecular flexibility index (Phi) is 6.13. The Hall–Kier alpha value is -0.780. The minimum Gasteiger partial charge on any atom is -0.494 e. The molecule has 3 nitrogen and oxygen atoms in total. The maximum atomic E-state index is 14.2. The van der Waals surface area contributed by atoms with Gasteiger partial charge in [0.2, 0.25) is 0 Å². The van der Waals surface area contributed by atoms with Gasteiger partial charge in [0.25, 0.3) is 0 Å². The molecule has 112 valence electrons. The van der Waals surface area contributed by atoms with Gasteiger partial charge in [-0.2, -0.15) is 11.8 Å². The predicted molar refractivity (Wildman–Crippen MR) is 81.2 cm³/mol. The van der Waals surface area contributed by atoms with Gasteiger partial charge in [0.15, 0.2) is 11.6 Å². The lowest BCUT2D eigenvalue weighted by molar-refractivity contribution is 0.0474. The van der Waals surface area contributed by atoms with E-state index < -0.39 is 0 Å². The molecule has 1 aliphatic heterocycles. The molecule has 2 rings (SSSR count). The van der Waals surface area contributed by atoms with Crippen LogP contribution in [0.15, 0.2) is 18.2 Å². The molecule has 1 N–H and O–H groups in total. The number of nitrogens with one attached hydrogen (secondary N) is 1. The third-order valence-electron chi connectivity index (χ3n) is 3.46. The highest BCUT2D eigenvalue weighted by molar-refractivity contribution is 7.99. The second kappa shape index (κ2) is 7.86. The van der Waals surface area contributed by atoms with E-state index in [9.17, 15) is 4.39 Å². The molecule has 2 atom stereocenters. The molecule has 0 aromatic heterocycles. The number of likely N-dealkylation sites (N-methyl/N-ethyl adjacent to an activating group) is 1. The monoisotopic (exact) mass is 299 g/mol. The van der Waals surface area contributed by atoms with Gasteiger partial charge in [-0.05, 0) is 24.6 Å². The smallest absolute Gasteiger partial charge is 0.168 e. The molecular formula is C15H22FNO2S. The SMILES string of the molecule is CCNC(Cc1cccc(OC)c1F)C1CSCCO1. The Balaban J connectivity index is 2.10. The summed E-state index contributed by atoms with van der Waals surface area (Å²) in [5.74, 6) is 2.05. The number of benzene rings is 1. The summed E-state index contributed by atoms with van der Waals surface area (Å²) in [7, 11) is 1.49. The summed E-state index contributed by atoms with van der Waals surface area (Å²) in [4.78, 5) is 0. The average molecular weight is 299 g/mol. The van der Waals surface area contributed by atoms with Crippen molar-refractivity contribution in [3.63, 3.8) is 0 Å². The summed E-state index contributed by atoms with van der Waals surface area (Å²) >= 11 is 1.90. The molecule has 0 spiro atoms. The van der Waals surface area contributed by atoms with Crippen LogP contribution in [0.1, 0.15) is 12.5 Å². The lowest BCUT2D eigenvalue weighted by Crippen LogP contribution is -2.46. The first-order chi connectivity index (χ1) is 9.76. The molecule has 5 heteroatoms. The molecule has 0 bridgehead atoms.